The maximum Gasteiger partial charge on any atom is 0.338 e. The Morgan fingerprint density at radius 2 is 1.88 bits per heavy atom. The monoisotopic (exact) mass is 323 g/mol. The van der Waals surface area contributed by atoms with Crippen LogP contribution in [0.1, 0.15) is 33.3 Å². The summed E-state index contributed by atoms with van der Waals surface area (Å²) in [4.78, 5) is 28.0. The predicted molar refractivity (Wildman–Crippen MR) is 90.4 cm³/mol. The van der Waals surface area contributed by atoms with Gasteiger partial charge >= 0.3 is 5.97 Å². The number of carbonyl (C=O) groups excluding carboxylic acids is 2. The lowest BCUT2D eigenvalue weighted by molar-refractivity contribution is 0.0319. The highest BCUT2D eigenvalue weighted by Crippen LogP contribution is 2.24. The first kappa shape index (κ1) is 15.8. The molecule has 3 rings (SSSR count). The Hall–Kier alpha value is -3.08. The zero-order valence-corrected chi connectivity index (χ0v) is 13.4. The molecule has 0 radical (unpaired) electrons. The van der Waals surface area contributed by atoms with Crippen molar-refractivity contribution < 1.29 is 19.4 Å². The van der Waals surface area contributed by atoms with Crippen LogP contribution < -0.4 is 0 Å². The standard InChI is InChI=1S/C19H17NO4/c1-11-17(15-8-3-4-9-16(15)20-11)18(22)12(2)24-19(23)13-6-5-7-14(21)10-13/h3-10,12,20-21H,1-2H3. The second-order valence-electron chi connectivity index (χ2n) is 5.63. The van der Waals surface area contributed by atoms with Gasteiger partial charge in [0.25, 0.3) is 0 Å². The van der Waals surface area contributed by atoms with Gasteiger partial charge in [-0.05, 0) is 38.1 Å². The maximum atomic E-state index is 12.7. The molecule has 2 aromatic carbocycles. The third kappa shape index (κ3) is 2.88. The lowest BCUT2D eigenvalue weighted by atomic mass is 10.0. The van der Waals surface area contributed by atoms with Crippen LogP contribution in [-0.4, -0.2) is 27.9 Å². The van der Waals surface area contributed by atoms with Crippen LogP contribution in [0.3, 0.4) is 0 Å². The van der Waals surface area contributed by atoms with E-state index in [4.69, 9.17) is 4.74 Å². The minimum atomic E-state index is -0.933. The second kappa shape index (κ2) is 6.20. The van der Waals surface area contributed by atoms with Crippen molar-refractivity contribution >= 4 is 22.7 Å². The fourth-order valence-corrected chi connectivity index (χ4v) is 2.71. The van der Waals surface area contributed by atoms with Crippen LogP contribution >= 0.6 is 0 Å². The number of ether oxygens (including phenoxy) is 1. The van der Waals surface area contributed by atoms with Crippen LogP contribution in [0.2, 0.25) is 0 Å². The Balaban J connectivity index is 1.84. The van der Waals surface area contributed by atoms with Gasteiger partial charge in [0.15, 0.2) is 6.10 Å². The van der Waals surface area contributed by atoms with Crippen molar-refractivity contribution in [1.82, 2.24) is 4.98 Å². The fourth-order valence-electron chi connectivity index (χ4n) is 2.71. The van der Waals surface area contributed by atoms with Crippen molar-refractivity contribution in [2.75, 3.05) is 0 Å². The van der Waals surface area contributed by atoms with Crippen LogP contribution in [0.15, 0.2) is 48.5 Å². The minimum absolute atomic E-state index is 0.0316. The summed E-state index contributed by atoms with van der Waals surface area (Å²) >= 11 is 0. The molecule has 0 aliphatic heterocycles. The number of fused-ring (bicyclic) bond motifs is 1. The molecule has 0 bridgehead atoms. The highest BCUT2D eigenvalue weighted by Gasteiger charge is 2.24. The number of benzene rings is 2. The lowest BCUT2D eigenvalue weighted by Gasteiger charge is -2.12. The summed E-state index contributed by atoms with van der Waals surface area (Å²) in [7, 11) is 0. The fraction of sp³-hybridized carbons (Fsp3) is 0.158. The van der Waals surface area contributed by atoms with Gasteiger partial charge in [0.05, 0.1) is 5.56 Å². The van der Waals surface area contributed by atoms with Crippen molar-refractivity contribution in [3.63, 3.8) is 0 Å². The van der Waals surface area contributed by atoms with Gasteiger partial charge in [0.2, 0.25) is 5.78 Å². The second-order valence-corrected chi connectivity index (χ2v) is 5.63. The van der Waals surface area contributed by atoms with Crippen molar-refractivity contribution in [1.29, 1.82) is 0 Å². The normalized spacial score (nSPS) is 12.1. The highest BCUT2D eigenvalue weighted by molar-refractivity contribution is 6.11. The maximum absolute atomic E-state index is 12.7. The Morgan fingerprint density at radius 1 is 1.12 bits per heavy atom. The van der Waals surface area contributed by atoms with Crippen molar-refractivity contribution in [3.05, 3.63) is 65.4 Å². The molecular weight excluding hydrogens is 306 g/mol. The number of phenols is 1. The number of H-pyrrole nitrogens is 1. The molecule has 5 heteroatoms. The molecule has 1 heterocycles. The molecule has 0 aliphatic carbocycles. The summed E-state index contributed by atoms with van der Waals surface area (Å²) in [6.07, 6.45) is -0.933. The lowest BCUT2D eigenvalue weighted by Crippen LogP contribution is -2.24. The average Bonchev–Trinajstić information content (AvgIpc) is 2.89. The third-order valence-corrected chi connectivity index (χ3v) is 3.87. The first-order chi connectivity index (χ1) is 11.5. The molecule has 0 saturated heterocycles. The van der Waals surface area contributed by atoms with Crippen LogP contribution in [0.4, 0.5) is 0 Å². The molecule has 0 fully saturated rings. The van der Waals surface area contributed by atoms with E-state index >= 15 is 0 Å². The molecule has 1 unspecified atom stereocenters. The minimum Gasteiger partial charge on any atom is -0.508 e. The summed E-state index contributed by atoms with van der Waals surface area (Å²) in [6.45, 7) is 3.36. The molecular formula is C19H17NO4. The number of hydrogen-bond acceptors (Lipinski definition) is 4. The van der Waals surface area contributed by atoms with Gasteiger partial charge in [-0.15, -0.1) is 0 Å². The quantitative estimate of drug-likeness (QED) is 0.568. The van der Waals surface area contributed by atoms with Crippen LogP contribution in [0, 0.1) is 6.92 Å². The highest BCUT2D eigenvalue weighted by atomic mass is 16.5. The first-order valence-corrected chi connectivity index (χ1v) is 7.59. The predicted octanol–water partition coefficient (Wildman–Crippen LogP) is 3.61. The molecule has 2 N–H and O–H groups in total. The van der Waals surface area contributed by atoms with E-state index in [1.54, 1.807) is 13.0 Å². The Labute approximate surface area is 138 Å². The number of aromatic hydroxyl groups is 1. The average molecular weight is 323 g/mol. The number of carbonyl (C=O) groups is 2. The molecule has 0 aliphatic rings. The van der Waals surface area contributed by atoms with Gasteiger partial charge in [0, 0.05) is 22.2 Å². The number of aromatic nitrogens is 1. The van der Waals surface area contributed by atoms with Crippen molar-refractivity contribution in [2.24, 2.45) is 0 Å². The number of Topliss-reactive ketones (excluding diaryl/α,β-unsaturated/α-hetero) is 1. The largest absolute Gasteiger partial charge is 0.508 e. The van der Waals surface area contributed by atoms with E-state index in [-0.39, 0.29) is 17.1 Å². The van der Waals surface area contributed by atoms with E-state index in [2.05, 4.69) is 4.98 Å². The number of aromatic amines is 1. The Kier molecular flexibility index (Phi) is 4.08. The van der Waals surface area contributed by atoms with E-state index in [9.17, 15) is 14.7 Å². The van der Waals surface area contributed by atoms with Crippen LogP contribution in [-0.2, 0) is 4.74 Å². The van der Waals surface area contributed by atoms with Gasteiger partial charge in [-0.1, -0.05) is 24.3 Å². The van der Waals surface area contributed by atoms with Gasteiger partial charge in [0.1, 0.15) is 5.75 Å². The van der Waals surface area contributed by atoms with E-state index < -0.39 is 12.1 Å². The number of aryl methyl sites for hydroxylation is 1. The molecule has 0 amide bonds. The number of phenolic OH excluding ortho intramolecular Hbond substituents is 1. The van der Waals surface area contributed by atoms with E-state index in [1.807, 2.05) is 31.2 Å². The van der Waals surface area contributed by atoms with Gasteiger partial charge < -0.3 is 14.8 Å². The van der Waals surface area contributed by atoms with Crippen molar-refractivity contribution in [3.8, 4) is 5.75 Å². The van der Waals surface area contributed by atoms with Gasteiger partial charge in [-0.3, -0.25) is 4.79 Å². The van der Waals surface area contributed by atoms with Gasteiger partial charge in [-0.25, -0.2) is 4.79 Å². The van der Waals surface area contributed by atoms with E-state index in [0.29, 0.717) is 5.56 Å². The number of esters is 1. The number of ketones is 1. The molecule has 122 valence electrons. The first-order valence-electron chi connectivity index (χ1n) is 7.59. The summed E-state index contributed by atoms with van der Waals surface area (Å²) in [6, 6.07) is 13.3. The molecule has 0 spiro atoms. The van der Waals surface area contributed by atoms with Gasteiger partial charge in [-0.2, -0.15) is 0 Å². The number of para-hydroxylation sites is 1. The zero-order valence-electron chi connectivity index (χ0n) is 13.4. The summed E-state index contributed by atoms with van der Waals surface area (Å²) in [5.74, 6) is -0.946. The molecule has 1 atom stereocenters. The molecule has 5 nitrogen and oxygen atoms in total. The van der Waals surface area contributed by atoms with E-state index in [1.165, 1.54) is 18.2 Å². The summed E-state index contributed by atoms with van der Waals surface area (Å²) in [5, 5.41) is 10.2. The van der Waals surface area contributed by atoms with Crippen molar-refractivity contribution in [2.45, 2.75) is 20.0 Å². The molecule has 24 heavy (non-hydrogen) atoms. The molecule has 1 aromatic heterocycles. The Bertz CT molecular complexity index is 926. The molecule has 3 aromatic rings. The number of nitrogens with one attached hydrogen (secondary N) is 1. The smallest absolute Gasteiger partial charge is 0.338 e. The van der Waals surface area contributed by atoms with Crippen LogP contribution in [0.25, 0.3) is 10.9 Å². The van der Waals surface area contributed by atoms with E-state index in [0.717, 1.165) is 16.6 Å². The topological polar surface area (TPSA) is 79.4 Å². The third-order valence-electron chi connectivity index (χ3n) is 3.87. The summed E-state index contributed by atoms with van der Waals surface area (Å²) in [5.41, 5.74) is 2.33. The number of hydrogen-bond donors (Lipinski definition) is 2. The molecule has 0 saturated carbocycles. The summed E-state index contributed by atoms with van der Waals surface area (Å²) < 4.78 is 5.27. The zero-order chi connectivity index (χ0) is 17.3. The SMILES string of the molecule is Cc1[nH]c2ccccc2c1C(=O)C(C)OC(=O)c1cccc(O)c1. The van der Waals surface area contributed by atoms with Crippen LogP contribution in [0.5, 0.6) is 5.75 Å². The Morgan fingerprint density at radius 3 is 2.62 bits per heavy atom. The number of rotatable bonds is 4.